The Morgan fingerprint density at radius 1 is 1.14 bits per heavy atom. The molecule has 1 unspecified atom stereocenters. The van der Waals surface area contributed by atoms with Crippen LogP contribution in [0.5, 0.6) is 0 Å². The van der Waals surface area contributed by atoms with Gasteiger partial charge in [-0.3, -0.25) is 0 Å². The summed E-state index contributed by atoms with van der Waals surface area (Å²) in [6.45, 7) is 4.24. The van der Waals surface area contributed by atoms with Crippen LogP contribution in [-0.2, 0) is 0 Å². The van der Waals surface area contributed by atoms with Gasteiger partial charge in [0.25, 0.3) is 0 Å². The van der Waals surface area contributed by atoms with Crippen molar-refractivity contribution in [3.8, 4) is 0 Å². The van der Waals surface area contributed by atoms with E-state index in [9.17, 15) is 5.11 Å². The summed E-state index contributed by atoms with van der Waals surface area (Å²) in [7, 11) is 0. The first kappa shape index (κ1) is 11.3. The van der Waals surface area contributed by atoms with Crippen molar-refractivity contribution in [1.29, 1.82) is 0 Å². The number of benzene rings is 1. The lowest BCUT2D eigenvalue weighted by molar-refractivity contribution is 0.163. The molecule has 0 saturated heterocycles. The smallest absolute Gasteiger partial charge is 0.0790 e. The van der Waals surface area contributed by atoms with Crippen LogP contribution in [0.3, 0.4) is 0 Å². The summed E-state index contributed by atoms with van der Waals surface area (Å²) in [6.07, 6.45) is 4.15. The van der Waals surface area contributed by atoms with E-state index in [1.807, 2.05) is 12.1 Å². The van der Waals surface area contributed by atoms with Crippen LogP contribution >= 0.6 is 0 Å². The molecule has 14 heavy (non-hydrogen) atoms. The third kappa shape index (κ3) is 3.51. The summed E-state index contributed by atoms with van der Waals surface area (Å²) >= 11 is 0. The van der Waals surface area contributed by atoms with E-state index in [1.165, 1.54) is 18.4 Å². The van der Waals surface area contributed by atoms with E-state index in [1.54, 1.807) is 0 Å². The van der Waals surface area contributed by atoms with Crippen LogP contribution in [0.25, 0.3) is 0 Å². The van der Waals surface area contributed by atoms with Crippen molar-refractivity contribution in [2.24, 2.45) is 0 Å². The van der Waals surface area contributed by atoms with Gasteiger partial charge >= 0.3 is 0 Å². The first-order chi connectivity index (χ1) is 6.74. The maximum Gasteiger partial charge on any atom is 0.0790 e. The monoisotopic (exact) mass is 192 g/mol. The van der Waals surface area contributed by atoms with Gasteiger partial charge < -0.3 is 5.11 Å². The molecule has 0 aliphatic heterocycles. The summed E-state index contributed by atoms with van der Waals surface area (Å²) < 4.78 is 0. The Kier molecular flexibility index (Phi) is 4.68. The third-order valence-electron chi connectivity index (χ3n) is 2.54. The van der Waals surface area contributed by atoms with E-state index in [4.69, 9.17) is 0 Å². The van der Waals surface area contributed by atoms with Crippen LogP contribution in [0.4, 0.5) is 0 Å². The molecular weight excluding hydrogens is 172 g/mol. The molecule has 0 bridgehead atoms. The molecule has 1 aromatic carbocycles. The van der Waals surface area contributed by atoms with E-state index in [0.717, 1.165) is 18.4 Å². The zero-order chi connectivity index (χ0) is 10.4. The fraction of sp³-hybridized carbons (Fsp3) is 0.538. The Balaban J connectivity index is 2.43. The van der Waals surface area contributed by atoms with Gasteiger partial charge in [0, 0.05) is 0 Å². The lowest BCUT2D eigenvalue weighted by Crippen LogP contribution is -1.97. The molecule has 0 saturated carbocycles. The largest absolute Gasteiger partial charge is 0.388 e. The molecule has 0 fully saturated rings. The molecule has 1 rings (SSSR count). The van der Waals surface area contributed by atoms with E-state index in [0.29, 0.717) is 0 Å². The molecule has 1 heteroatoms. The Hall–Kier alpha value is -0.820. The van der Waals surface area contributed by atoms with Gasteiger partial charge in [-0.25, -0.2) is 0 Å². The van der Waals surface area contributed by atoms with Crippen molar-refractivity contribution in [2.45, 2.75) is 45.6 Å². The van der Waals surface area contributed by atoms with Gasteiger partial charge in [0.2, 0.25) is 0 Å². The van der Waals surface area contributed by atoms with Crippen molar-refractivity contribution < 1.29 is 5.11 Å². The van der Waals surface area contributed by atoms with Gasteiger partial charge in [0.05, 0.1) is 6.10 Å². The molecule has 0 aliphatic rings. The van der Waals surface area contributed by atoms with Gasteiger partial charge in [-0.15, -0.1) is 0 Å². The van der Waals surface area contributed by atoms with Crippen LogP contribution in [0, 0.1) is 6.92 Å². The summed E-state index contributed by atoms with van der Waals surface area (Å²) in [5.74, 6) is 0. The Bertz CT molecular complexity index is 250. The molecule has 0 heterocycles. The number of aliphatic hydroxyl groups is 1. The average Bonchev–Trinajstić information content (AvgIpc) is 2.19. The minimum absolute atomic E-state index is 0.276. The zero-order valence-electron chi connectivity index (χ0n) is 9.16. The third-order valence-corrected chi connectivity index (χ3v) is 2.54. The number of unbranched alkanes of at least 4 members (excludes halogenated alkanes) is 2. The first-order valence-corrected chi connectivity index (χ1v) is 5.48. The van der Waals surface area contributed by atoms with Crippen molar-refractivity contribution in [1.82, 2.24) is 0 Å². The fourth-order valence-electron chi connectivity index (χ4n) is 1.54. The molecule has 1 aromatic rings. The maximum absolute atomic E-state index is 9.84. The number of hydrogen-bond donors (Lipinski definition) is 1. The zero-order valence-corrected chi connectivity index (χ0v) is 9.16. The van der Waals surface area contributed by atoms with Gasteiger partial charge in [-0.1, -0.05) is 56.0 Å². The average molecular weight is 192 g/mol. The van der Waals surface area contributed by atoms with Crippen LogP contribution in [0.15, 0.2) is 24.3 Å². The summed E-state index contributed by atoms with van der Waals surface area (Å²) in [6, 6.07) is 8.15. The normalized spacial score (nSPS) is 12.8. The molecule has 0 spiro atoms. The maximum atomic E-state index is 9.84. The SMILES string of the molecule is CCCCCC(O)c1ccc(C)cc1. The molecule has 1 N–H and O–H groups in total. The first-order valence-electron chi connectivity index (χ1n) is 5.48. The molecule has 0 amide bonds. The van der Waals surface area contributed by atoms with E-state index in [2.05, 4.69) is 26.0 Å². The van der Waals surface area contributed by atoms with Crippen molar-refractivity contribution in [3.05, 3.63) is 35.4 Å². The van der Waals surface area contributed by atoms with Gasteiger partial charge in [0.15, 0.2) is 0 Å². The number of rotatable bonds is 5. The lowest BCUT2D eigenvalue weighted by Gasteiger charge is -2.10. The predicted octanol–water partition coefficient (Wildman–Crippen LogP) is 3.61. The second kappa shape index (κ2) is 5.82. The van der Waals surface area contributed by atoms with Crippen molar-refractivity contribution in [2.75, 3.05) is 0 Å². The number of hydrogen-bond acceptors (Lipinski definition) is 1. The van der Waals surface area contributed by atoms with E-state index < -0.39 is 0 Å². The lowest BCUT2D eigenvalue weighted by atomic mass is 10.0. The van der Waals surface area contributed by atoms with Crippen LogP contribution in [0.2, 0.25) is 0 Å². The fourth-order valence-corrected chi connectivity index (χ4v) is 1.54. The Morgan fingerprint density at radius 2 is 1.79 bits per heavy atom. The van der Waals surface area contributed by atoms with Crippen molar-refractivity contribution in [3.63, 3.8) is 0 Å². The van der Waals surface area contributed by atoms with Crippen LogP contribution in [-0.4, -0.2) is 5.11 Å². The molecule has 0 radical (unpaired) electrons. The number of aliphatic hydroxyl groups excluding tert-OH is 1. The Morgan fingerprint density at radius 3 is 2.36 bits per heavy atom. The number of aryl methyl sites for hydroxylation is 1. The second-order valence-corrected chi connectivity index (χ2v) is 3.92. The highest BCUT2D eigenvalue weighted by atomic mass is 16.3. The van der Waals surface area contributed by atoms with Crippen molar-refractivity contribution >= 4 is 0 Å². The quantitative estimate of drug-likeness (QED) is 0.707. The molecule has 1 atom stereocenters. The second-order valence-electron chi connectivity index (χ2n) is 3.92. The molecular formula is C13H20O. The van der Waals surface area contributed by atoms with Gasteiger partial charge in [-0.2, -0.15) is 0 Å². The highest BCUT2D eigenvalue weighted by Crippen LogP contribution is 2.19. The standard InChI is InChI=1S/C13H20O/c1-3-4-5-6-13(14)12-9-7-11(2)8-10-12/h7-10,13-14H,3-6H2,1-2H3. The molecule has 78 valence electrons. The summed E-state index contributed by atoms with van der Waals surface area (Å²) in [5, 5.41) is 9.84. The van der Waals surface area contributed by atoms with E-state index in [-0.39, 0.29) is 6.10 Å². The molecule has 1 nitrogen and oxygen atoms in total. The summed E-state index contributed by atoms with van der Waals surface area (Å²) in [5.41, 5.74) is 2.29. The minimum atomic E-state index is -0.276. The predicted molar refractivity (Wildman–Crippen MR) is 60.3 cm³/mol. The van der Waals surface area contributed by atoms with Gasteiger partial charge in [-0.05, 0) is 18.9 Å². The minimum Gasteiger partial charge on any atom is -0.388 e. The van der Waals surface area contributed by atoms with Gasteiger partial charge in [0.1, 0.15) is 0 Å². The Labute approximate surface area is 86.8 Å². The van der Waals surface area contributed by atoms with Crippen LogP contribution < -0.4 is 0 Å². The molecule has 0 aliphatic carbocycles. The topological polar surface area (TPSA) is 20.2 Å². The highest BCUT2D eigenvalue weighted by molar-refractivity contribution is 5.22. The van der Waals surface area contributed by atoms with E-state index >= 15 is 0 Å². The highest BCUT2D eigenvalue weighted by Gasteiger charge is 2.05. The van der Waals surface area contributed by atoms with Crippen LogP contribution in [0.1, 0.15) is 49.8 Å². The summed E-state index contributed by atoms with van der Waals surface area (Å²) in [4.78, 5) is 0. The molecule has 0 aromatic heterocycles.